The monoisotopic (exact) mass is 446 g/mol. The Morgan fingerprint density at radius 2 is 1.59 bits per heavy atom. The summed E-state index contributed by atoms with van der Waals surface area (Å²) in [6.07, 6.45) is 11.9. The van der Waals surface area contributed by atoms with Crippen LogP contribution >= 0.6 is 15.9 Å². The van der Waals surface area contributed by atoms with Gasteiger partial charge in [-0.3, -0.25) is 0 Å². The molecule has 0 aromatic rings. The van der Waals surface area contributed by atoms with Crippen molar-refractivity contribution in [1.82, 2.24) is 0 Å². The molecule has 4 rings (SSSR count). The lowest BCUT2D eigenvalue weighted by atomic mass is 9.63. The molecule has 6 heteroatoms. The van der Waals surface area contributed by atoms with Crippen LogP contribution in [-0.4, -0.2) is 54.5 Å². The molecule has 4 fully saturated rings. The van der Waals surface area contributed by atoms with Crippen molar-refractivity contribution >= 4 is 15.9 Å². The molecule has 156 valence electrons. The Kier molecular flexibility index (Phi) is 6.82. The second-order valence-corrected chi connectivity index (χ2v) is 9.47. The highest BCUT2D eigenvalue weighted by molar-refractivity contribution is 9.09. The molecule has 0 aromatic carbocycles. The first kappa shape index (κ1) is 20.5. The zero-order valence-electron chi connectivity index (χ0n) is 16.4. The second-order valence-electron chi connectivity index (χ2n) is 8.91. The standard InChI is InChI=1S/C21H35BrO5/c22-15-20(10-8-6-4-2-1-3-5-7-9-18(20)23)16-13-21(25-11-12-26-21)19-24-14-17(16)27-19/h16-19,23H,1-15H2/t16-,17+,18?,19+,20?/m0/s1. The van der Waals surface area contributed by atoms with Crippen LogP contribution in [0.3, 0.4) is 0 Å². The normalized spacial score (nSPS) is 43.3. The van der Waals surface area contributed by atoms with Crippen molar-refractivity contribution in [2.45, 2.75) is 94.9 Å². The fourth-order valence-corrected chi connectivity index (χ4v) is 6.76. The van der Waals surface area contributed by atoms with Crippen LogP contribution in [-0.2, 0) is 18.9 Å². The minimum absolute atomic E-state index is 0.0218. The lowest BCUT2D eigenvalue weighted by molar-refractivity contribution is -0.322. The quantitative estimate of drug-likeness (QED) is 0.645. The second kappa shape index (κ2) is 8.97. The third kappa shape index (κ3) is 3.99. The molecule has 4 aliphatic rings. The minimum atomic E-state index is -0.782. The predicted octanol–water partition coefficient (Wildman–Crippen LogP) is 4.15. The van der Waals surface area contributed by atoms with Crippen LogP contribution in [0, 0.1) is 11.3 Å². The summed E-state index contributed by atoms with van der Waals surface area (Å²) in [5.41, 5.74) is -0.217. The highest BCUT2D eigenvalue weighted by atomic mass is 79.9. The zero-order valence-corrected chi connectivity index (χ0v) is 18.0. The Labute approximate surface area is 171 Å². The fourth-order valence-electron chi connectivity index (χ4n) is 5.69. The summed E-state index contributed by atoms with van der Waals surface area (Å²) < 4.78 is 24.2. The molecule has 2 bridgehead atoms. The van der Waals surface area contributed by atoms with Crippen LogP contribution in [0.2, 0.25) is 0 Å². The lowest BCUT2D eigenvalue weighted by Crippen LogP contribution is -2.58. The van der Waals surface area contributed by atoms with Gasteiger partial charge in [-0.2, -0.15) is 0 Å². The van der Waals surface area contributed by atoms with Crippen LogP contribution in [0.15, 0.2) is 0 Å². The topological polar surface area (TPSA) is 57.2 Å². The Bertz CT molecular complexity index is 483. The van der Waals surface area contributed by atoms with Gasteiger partial charge in [0.25, 0.3) is 0 Å². The first-order chi connectivity index (χ1) is 13.2. The molecule has 1 spiro atoms. The summed E-state index contributed by atoms with van der Waals surface area (Å²) >= 11 is 3.81. The van der Waals surface area contributed by atoms with Crippen molar-refractivity contribution in [3.63, 3.8) is 0 Å². The van der Waals surface area contributed by atoms with Crippen LogP contribution in [0.4, 0.5) is 0 Å². The van der Waals surface area contributed by atoms with Crippen LogP contribution < -0.4 is 0 Å². The SMILES string of the molecule is OC1CCCCCCCCCCC1(CBr)[C@H]1CC2(OCCO2)[C@@H]2OC[C@H]1O2. The van der Waals surface area contributed by atoms with E-state index in [1.165, 1.54) is 38.5 Å². The minimum Gasteiger partial charge on any atom is -0.393 e. The lowest BCUT2D eigenvalue weighted by Gasteiger charge is -2.50. The van der Waals surface area contributed by atoms with E-state index in [9.17, 15) is 5.11 Å². The van der Waals surface area contributed by atoms with Gasteiger partial charge in [0, 0.05) is 23.1 Å². The van der Waals surface area contributed by atoms with Crippen LogP contribution in [0.25, 0.3) is 0 Å². The first-order valence-electron chi connectivity index (χ1n) is 11.0. The van der Waals surface area contributed by atoms with Gasteiger partial charge in [0.15, 0.2) is 0 Å². The molecule has 27 heavy (non-hydrogen) atoms. The van der Waals surface area contributed by atoms with Gasteiger partial charge in [0.05, 0.1) is 32.0 Å². The van der Waals surface area contributed by atoms with Crippen molar-refractivity contribution < 1.29 is 24.1 Å². The van der Waals surface area contributed by atoms with E-state index in [1.807, 2.05) is 0 Å². The zero-order chi connectivity index (χ0) is 18.7. The predicted molar refractivity (Wildman–Crippen MR) is 106 cm³/mol. The maximum absolute atomic E-state index is 11.4. The summed E-state index contributed by atoms with van der Waals surface area (Å²) in [4.78, 5) is 0. The number of alkyl halides is 1. The van der Waals surface area contributed by atoms with E-state index in [4.69, 9.17) is 18.9 Å². The molecule has 3 saturated heterocycles. The molecule has 3 aliphatic heterocycles. The van der Waals surface area contributed by atoms with Crippen molar-refractivity contribution in [2.24, 2.45) is 11.3 Å². The maximum atomic E-state index is 11.4. The number of aliphatic hydroxyl groups excluding tert-OH is 1. The third-order valence-electron chi connectivity index (χ3n) is 7.32. The smallest absolute Gasteiger partial charge is 0.221 e. The molecule has 0 aromatic heterocycles. The number of halogens is 1. The van der Waals surface area contributed by atoms with E-state index in [2.05, 4.69) is 15.9 Å². The Balaban J connectivity index is 1.58. The summed E-state index contributed by atoms with van der Waals surface area (Å²) in [7, 11) is 0. The molecule has 5 atom stereocenters. The Morgan fingerprint density at radius 1 is 0.926 bits per heavy atom. The van der Waals surface area contributed by atoms with Gasteiger partial charge in [-0.15, -0.1) is 0 Å². The summed E-state index contributed by atoms with van der Waals surface area (Å²) in [5, 5.41) is 12.2. The summed E-state index contributed by atoms with van der Waals surface area (Å²) in [6.45, 7) is 1.75. The van der Waals surface area contributed by atoms with Crippen molar-refractivity contribution in [3.05, 3.63) is 0 Å². The molecule has 2 unspecified atom stereocenters. The van der Waals surface area contributed by atoms with E-state index in [-0.39, 0.29) is 23.5 Å². The van der Waals surface area contributed by atoms with Crippen LogP contribution in [0.1, 0.15) is 70.6 Å². The highest BCUT2D eigenvalue weighted by Gasteiger charge is 2.62. The summed E-state index contributed by atoms with van der Waals surface area (Å²) in [5.74, 6) is -0.609. The molecular formula is C21H35BrO5. The van der Waals surface area contributed by atoms with Gasteiger partial charge in [-0.25, -0.2) is 0 Å². The molecule has 5 nitrogen and oxygen atoms in total. The molecule has 1 N–H and O–H groups in total. The first-order valence-corrected chi connectivity index (χ1v) is 12.1. The number of aliphatic hydroxyl groups is 1. The van der Waals surface area contributed by atoms with Gasteiger partial charge in [-0.1, -0.05) is 67.3 Å². The van der Waals surface area contributed by atoms with Gasteiger partial charge in [-0.05, 0) is 12.8 Å². The molecule has 0 amide bonds. The van der Waals surface area contributed by atoms with Crippen molar-refractivity contribution in [3.8, 4) is 0 Å². The van der Waals surface area contributed by atoms with Crippen molar-refractivity contribution in [1.29, 1.82) is 0 Å². The average Bonchev–Trinajstić information content (AvgIpc) is 3.31. The van der Waals surface area contributed by atoms with Crippen LogP contribution in [0.5, 0.6) is 0 Å². The molecule has 1 aliphatic carbocycles. The van der Waals surface area contributed by atoms with E-state index in [0.717, 1.165) is 37.4 Å². The Morgan fingerprint density at radius 3 is 2.30 bits per heavy atom. The number of hydrogen-bond donors (Lipinski definition) is 1. The van der Waals surface area contributed by atoms with E-state index < -0.39 is 12.1 Å². The highest BCUT2D eigenvalue weighted by Crippen LogP contribution is 2.53. The maximum Gasteiger partial charge on any atom is 0.221 e. The number of ether oxygens (including phenoxy) is 4. The van der Waals surface area contributed by atoms with Crippen molar-refractivity contribution in [2.75, 3.05) is 25.2 Å². The average molecular weight is 447 g/mol. The summed E-state index contributed by atoms with van der Waals surface area (Å²) in [6, 6.07) is 0. The number of hydrogen-bond acceptors (Lipinski definition) is 5. The van der Waals surface area contributed by atoms with E-state index in [0.29, 0.717) is 19.8 Å². The third-order valence-corrected chi connectivity index (χ3v) is 8.36. The largest absolute Gasteiger partial charge is 0.393 e. The molecule has 3 heterocycles. The molecule has 1 saturated carbocycles. The fraction of sp³-hybridized carbons (Fsp3) is 1.00. The van der Waals surface area contributed by atoms with Gasteiger partial charge >= 0.3 is 0 Å². The molecule has 0 radical (unpaired) electrons. The number of fused-ring (bicyclic) bond motifs is 3. The van der Waals surface area contributed by atoms with E-state index in [1.54, 1.807) is 0 Å². The van der Waals surface area contributed by atoms with E-state index >= 15 is 0 Å². The Hall–Kier alpha value is 0.280. The van der Waals surface area contributed by atoms with Gasteiger partial charge in [0.1, 0.15) is 0 Å². The molecular weight excluding hydrogens is 412 g/mol. The number of rotatable bonds is 2. The van der Waals surface area contributed by atoms with Gasteiger partial charge < -0.3 is 24.1 Å². The van der Waals surface area contributed by atoms with Gasteiger partial charge in [0.2, 0.25) is 12.1 Å².